The van der Waals surface area contributed by atoms with Crippen molar-refractivity contribution in [2.45, 2.75) is 19.4 Å². The molecule has 0 saturated carbocycles. The van der Waals surface area contributed by atoms with Crippen LogP contribution in [0.1, 0.15) is 23.8 Å². The summed E-state index contributed by atoms with van der Waals surface area (Å²) in [6.07, 6.45) is 2.18. The normalized spacial score (nSPS) is 16.6. The number of methoxy groups -OCH3 is 1. The van der Waals surface area contributed by atoms with Gasteiger partial charge in [0.25, 0.3) is 5.91 Å². The highest BCUT2D eigenvalue weighted by atomic mass is 16.6. The molecule has 0 fully saturated rings. The van der Waals surface area contributed by atoms with E-state index in [4.69, 9.17) is 9.57 Å². The summed E-state index contributed by atoms with van der Waals surface area (Å²) in [4.78, 5) is 17.3. The lowest BCUT2D eigenvalue weighted by Crippen LogP contribution is -2.32. The highest BCUT2D eigenvalue weighted by Crippen LogP contribution is 2.14. The monoisotopic (exact) mass is 315 g/mol. The fourth-order valence-electron chi connectivity index (χ4n) is 2.20. The summed E-state index contributed by atoms with van der Waals surface area (Å²) in [6.45, 7) is 2.28. The van der Waals surface area contributed by atoms with Gasteiger partial charge < -0.3 is 14.9 Å². The van der Waals surface area contributed by atoms with E-state index in [9.17, 15) is 4.79 Å². The number of oxime groups is 1. The van der Waals surface area contributed by atoms with Crippen molar-refractivity contribution in [2.24, 2.45) is 5.16 Å². The highest BCUT2D eigenvalue weighted by Gasteiger charge is 2.20. The number of carbonyl (C=O) groups excluding carboxylic acids is 1. The Hall–Kier alpha value is -2.90. The van der Waals surface area contributed by atoms with Crippen LogP contribution in [0, 0.1) is 0 Å². The Morgan fingerprint density at radius 2 is 2.22 bits per heavy atom. The van der Waals surface area contributed by atoms with Gasteiger partial charge in [-0.2, -0.15) is 0 Å². The first-order valence-electron chi connectivity index (χ1n) is 7.20. The number of nitrogens with zero attached hydrogens (tertiary/aromatic N) is 4. The Bertz CT molecular complexity index is 723. The number of hydrogen-bond acceptors (Lipinski definition) is 6. The first kappa shape index (κ1) is 15.0. The van der Waals surface area contributed by atoms with Crippen LogP contribution in [0.4, 0.5) is 0 Å². The second-order valence-electron chi connectivity index (χ2n) is 5.21. The van der Waals surface area contributed by atoms with Crippen molar-refractivity contribution in [3.05, 3.63) is 36.2 Å². The molecule has 0 radical (unpaired) electrons. The van der Waals surface area contributed by atoms with Gasteiger partial charge in [0, 0.05) is 6.42 Å². The minimum Gasteiger partial charge on any atom is -0.497 e. The molecule has 8 nitrogen and oxygen atoms in total. The lowest BCUT2D eigenvalue weighted by atomic mass is 10.2. The van der Waals surface area contributed by atoms with Crippen molar-refractivity contribution in [3.8, 4) is 11.4 Å². The summed E-state index contributed by atoms with van der Waals surface area (Å²) in [5.74, 6) is 0.457. The van der Waals surface area contributed by atoms with Crippen molar-refractivity contribution in [1.82, 2.24) is 20.3 Å². The van der Waals surface area contributed by atoms with Crippen LogP contribution in [-0.4, -0.2) is 46.4 Å². The second kappa shape index (κ2) is 6.47. The summed E-state index contributed by atoms with van der Waals surface area (Å²) >= 11 is 0. The molecule has 1 unspecified atom stereocenters. The molecule has 0 spiro atoms. The van der Waals surface area contributed by atoms with E-state index in [0.29, 0.717) is 6.54 Å². The van der Waals surface area contributed by atoms with Crippen LogP contribution >= 0.6 is 0 Å². The molecule has 1 aromatic heterocycles. The summed E-state index contributed by atoms with van der Waals surface area (Å²) in [5.41, 5.74) is 1.96. The van der Waals surface area contributed by atoms with E-state index in [0.717, 1.165) is 23.6 Å². The number of amides is 1. The summed E-state index contributed by atoms with van der Waals surface area (Å²) < 4.78 is 6.64. The topological polar surface area (TPSA) is 90.6 Å². The van der Waals surface area contributed by atoms with Crippen molar-refractivity contribution in [1.29, 1.82) is 0 Å². The zero-order chi connectivity index (χ0) is 16.2. The molecule has 2 aromatic rings. The van der Waals surface area contributed by atoms with Gasteiger partial charge in [-0.3, -0.25) is 4.79 Å². The highest BCUT2D eigenvalue weighted by molar-refractivity contribution is 5.92. The van der Waals surface area contributed by atoms with E-state index < -0.39 is 0 Å². The number of benzene rings is 1. The summed E-state index contributed by atoms with van der Waals surface area (Å²) in [6, 6.07) is 7.30. The molecule has 1 amide bonds. The average molecular weight is 315 g/mol. The minimum atomic E-state index is -0.294. The van der Waals surface area contributed by atoms with E-state index in [1.807, 2.05) is 31.2 Å². The molecule has 0 bridgehead atoms. The lowest BCUT2D eigenvalue weighted by Gasteiger charge is -2.08. The van der Waals surface area contributed by atoms with Gasteiger partial charge in [-0.25, -0.2) is 4.68 Å². The molecule has 8 heteroatoms. The maximum atomic E-state index is 12.1. The molecule has 23 heavy (non-hydrogen) atoms. The van der Waals surface area contributed by atoms with Crippen LogP contribution in [0.2, 0.25) is 0 Å². The number of aromatic nitrogens is 3. The molecule has 2 heterocycles. The van der Waals surface area contributed by atoms with Crippen molar-refractivity contribution in [2.75, 3.05) is 13.7 Å². The SMILES string of the molecule is COc1ccc(-n2cc(C(=O)NCC3CC(C)=NO3)nn2)cc1. The van der Waals surface area contributed by atoms with Crippen LogP contribution in [0.25, 0.3) is 5.69 Å². The van der Waals surface area contributed by atoms with Gasteiger partial charge in [-0.1, -0.05) is 10.4 Å². The van der Waals surface area contributed by atoms with Gasteiger partial charge in [0.2, 0.25) is 0 Å². The third-order valence-corrected chi connectivity index (χ3v) is 3.43. The number of ether oxygens (including phenoxy) is 1. The number of rotatable bonds is 5. The second-order valence-corrected chi connectivity index (χ2v) is 5.21. The first-order valence-corrected chi connectivity index (χ1v) is 7.20. The van der Waals surface area contributed by atoms with Gasteiger partial charge in [0.05, 0.1) is 31.3 Å². The molecular weight excluding hydrogens is 298 g/mol. The Morgan fingerprint density at radius 3 is 2.87 bits per heavy atom. The fraction of sp³-hybridized carbons (Fsp3) is 0.333. The van der Waals surface area contributed by atoms with Gasteiger partial charge in [0.1, 0.15) is 11.9 Å². The smallest absolute Gasteiger partial charge is 0.273 e. The number of nitrogens with one attached hydrogen (secondary N) is 1. The van der Waals surface area contributed by atoms with E-state index in [1.165, 1.54) is 4.68 Å². The third-order valence-electron chi connectivity index (χ3n) is 3.43. The number of carbonyl (C=O) groups is 1. The quantitative estimate of drug-likeness (QED) is 0.894. The van der Waals surface area contributed by atoms with Crippen molar-refractivity contribution >= 4 is 11.6 Å². The number of hydrogen-bond donors (Lipinski definition) is 1. The molecule has 3 rings (SSSR count). The molecule has 1 aliphatic rings. The predicted octanol–water partition coefficient (Wildman–Crippen LogP) is 1.17. The van der Waals surface area contributed by atoms with E-state index in [2.05, 4.69) is 20.8 Å². The zero-order valence-electron chi connectivity index (χ0n) is 12.9. The van der Waals surface area contributed by atoms with Crippen LogP contribution in [0.15, 0.2) is 35.6 Å². The molecule has 0 aliphatic carbocycles. The maximum Gasteiger partial charge on any atom is 0.273 e. The van der Waals surface area contributed by atoms with Gasteiger partial charge in [0.15, 0.2) is 5.69 Å². The Balaban J connectivity index is 1.60. The van der Waals surface area contributed by atoms with Gasteiger partial charge >= 0.3 is 0 Å². The summed E-state index contributed by atoms with van der Waals surface area (Å²) in [5, 5.41) is 14.5. The van der Waals surface area contributed by atoms with Crippen LogP contribution in [0.5, 0.6) is 5.75 Å². The molecule has 1 atom stereocenters. The molecule has 1 aromatic carbocycles. The Labute approximate surface area is 133 Å². The lowest BCUT2D eigenvalue weighted by molar-refractivity contribution is 0.0751. The first-order chi connectivity index (χ1) is 11.2. The van der Waals surface area contributed by atoms with Crippen molar-refractivity contribution < 1.29 is 14.4 Å². The van der Waals surface area contributed by atoms with Gasteiger partial charge in [-0.15, -0.1) is 5.10 Å². The fourth-order valence-corrected chi connectivity index (χ4v) is 2.20. The van der Waals surface area contributed by atoms with E-state index in [-0.39, 0.29) is 17.7 Å². The zero-order valence-corrected chi connectivity index (χ0v) is 12.9. The molecular formula is C15H17N5O3. The Morgan fingerprint density at radius 1 is 1.43 bits per heavy atom. The van der Waals surface area contributed by atoms with Crippen molar-refractivity contribution in [3.63, 3.8) is 0 Å². The molecule has 0 saturated heterocycles. The van der Waals surface area contributed by atoms with Crippen LogP contribution in [-0.2, 0) is 4.84 Å². The Kier molecular flexibility index (Phi) is 4.22. The summed E-state index contributed by atoms with van der Waals surface area (Å²) in [7, 11) is 1.60. The minimum absolute atomic E-state index is 0.115. The maximum absolute atomic E-state index is 12.1. The van der Waals surface area contributed by atoms with Crippen LogP contribution in [0.3, 0.4) is 0 Å². The average Bonchev–Trinajstić information content (AvgIpc) is 3.22. The third kappa shape index (κ3) is 3.47. The van der Waals surface area contributed by atoms with Gasteiger partial charge in [-0.05, 0) is 31.2 Å². The van der Waals surface area contributed by atoms with E-state index >= 15 is 0 Å². The van der Waals surface area contributed by atoms with Crippen LogP contribution < -0.4 is 10.1 Å². The molecule has 120 valence electrons. The molecule has 1 aliphatic heterocycles. The molecule has 1 N–H and O–H groups in total. The van der Waals surface area contributed by atoms with E-state index in [1.54, 1.807) is 13.3 Å². The standard InChI is InChI=1S/C15H17N5O3/c1-10-7-13(23-18-10)8-16-15(21)14-9-20(19-17-14)11-3-5-12(22-2)6-4-11/h3-6,9,13H,7-8H2,1-2H3,(H,16,21). The largest absolute Gasteiger partial charge is 0.497 e. The predicted molar refractivity (Wildman–Crippen MR) is 82.8 cm³/mol.